The van der Waals surface area contributed by atoms with E-state index < -0.39 is 11.9 Å². The van der Waals surface area contributed by atoms with E-state index in [4.69, 9.17) is 0 Å². The lowest BCUT2D eigenvalue weighted by molar-refractivity contribution is -0.139. The quantitative estimate of drug-likeness (QED) is 0.848. The van der Waals surface area contributed by atoms with Gasteiger partial charge in [0.1, 0.15) is 0 Å². The first kappa shape index (κ1) is 15.2. The molecule has 21 heavy (non-hydrogen) atoms. The van der Waals surface area contributed by atoms with Gasteiger partial charge in [-0.15, -0.1) is 0 Å². The summed E-state index contributed by atoms with van der Waals surface area (Å²) in [6.45, 7) is 1.28. The van der Waals surface area contributed by atoms with Crippen molar-refractivity contribution in [3.63, 3.8) is 0 Å². The minimum Gasteiger partial charge on any atom is -0.481 e. The number of nitrogens with zero attached hydrogens (tertiary/aromatic N) is 2. The first-order valence-electron chi connectivity index (χ1n) is 7.03. The average molecular weight is 284 g/mol. The van der Waals surface area contributed by atoms with E-state index in [1.54, 1.807) is 6.20 Å². The zero-order chi connectivity index (χ0) is 15.1. The lowest BCUT2D eigenvalue weighted by Crippen LogP contribution is -2.30. The van der Waals surface area contributed by atoms with Crippen molar-refractivity contribution < 1.29 is 9.90 Å². The standard InChI is InChI=1S/C17H20N2O2/c1-19(12-10-15-9-5-6-11-18-15)13-16(17(20)21)14-7-3-2-4-8-14/h2-9,11,16H,10,12-13H2,1H3,(H,20,21). The van der Waals surface area contributed by atoms with E-state index in [2.05, 4.69) is 4.98 Å². The maximum atomic E-state index is 11.5. The Kier molecular flexibility index (Phi) is 5.46. The molecule has 1 unspecified atom stereocenters. The van der Waals surface area contributed by atoms with Crippen LogP contribution < -0.4 is 0 Å². The fourth-order valence-electron chi connectivity index (χ4n) is 2.27. The van der Waals surface area contributed by atoms with Crippen molar-refractivity contribution >= 4 is 5.97 Å². The highest BCUT2D eigenvalue weighted by Crippen LogP contribution is 2.17. The topological polar surface area (TPSA) is 53.4 Å². The summed E-state index contributed by atoms with van der Waals surface area (Å²) < 4.78 is 0. The number of benzene rings is 1. The number of hydrogen-bond acceptors (Lipinski definition) is 3. The second-order valence-corrected chi connectivity index (χ2v) is 5.13. The predicted octanol–water partition coefficient (Wildman–Crippen LogP) is 2.42. The van der Waals surface area contributed by atoms with Crippen molar-refractivity contribution in [3.05, 3.63) is 66.0 Å². The van der Waals surface area contributed by atoms with Gasteiger partial charge in [0.25, 0.3) is 0 Å². The Bertz CT molecular complexity index is 558. The van der Waals surface area contributed by atoms with Gasteiger partial charge >= 0.3 is 5.97 Å². The Balaban J connectivity index is 1.93. The van der Waals surface area contributed by atoms with Gasteiger partial charge in [0.05, 0.1) is 5.92 Å². The van der Waals surface area contributed by atoms with Crippen LogP contribution in [-0.2, 0) is 11.2 Å². The minimum absolute atomic E-state index is 0.492. The molecule has 110 valence electrons. The van der Waals surface area contributed by atoms with Gasteiger partial charge in [-0.05, 0) is 24.7 Å². The normalized spacial score (nSPS) is 12.3. The largest absolute Gasteiger partial charge is 0.481 e. The summed E-state index contributed by atoms with van der Waals surface area (Å²) in [4.78, 5) is 17.8. The average Bonchev–Trinajstić information content (AvgIpc) is 2.52. The SMILES string of the molecule is CN(CCc1ccccn1)CC(C(=O)O)c1ccccc1. The maximum Gasteiger partial charge on any atom is 0.312 e. The summed E-state index contributed by atoms with van der Waals surface area (Å²) in [6, 6.07) is 15.2. The Morgan fingerprint density at radius 3 is 2.52 bits per heavy atom. The number of pyridine rings is 1. The third kappa shape index (κ3) is 4.68. The molecule has 0 bridgehead atoms. The molecular weight excluding hydrogens is 264 g/mol. The number of hydrogen-bond donors (Lipinski definition) is 1. The molecule has 0 radical (unpaired) electrons. The van der Waals surface area contributed by atoms with Crippen molar-refractivity contribution in [1.82, 2.24) is 9.88 Å². The Morgan fingerprint density at radius 2 is 1.90 bits per heavy atom. The Hall–Kier alpha value is -2.20. The third-order valence-electron chi connectivity index (χ3n) is 3.47. The van der Waals surface area contributed by atoms with Crippen LogP contribution in [0.3, 0.4) is 0 Å². The molecule has 4 nitrogen and oxygen atoms in total. The molecule has 4 heteroatoms. The Morgan fingerprint density at radius 1 is 1.19 bits per heavy atom. The van der Waals surface area contributed by atoms with Crippen LogP contribution >= 0.6 is 0 Å². The van der Waals surface area contributed by atoms with E-state index in [1.807, 2.05) is 60.5 Å². The van der Waals surface area contributed by atoms with Crippen LogP contribution in [0.4, 0.5) is 0 Å². The van der Waals surface area contributed by atoms with Gasteiger partial charge in [0, 0.05) is 31.4 Å². The van der Waals surface area contributed by atoms with Crippen molar-refractivity contribution in [1.29, 1.82) is 0 Å². The van der Waals surface area contributed by atoms with Gasteiger partial charge in [0.2, 0.25) is 0 Å². The van der Waals surface area contributed by atoms with Gasteiger partial charge in [-0.25, -0.2) is 0 Å². The molecule has 0 aliphatic rings. The molecule has 0 spiro atoms. The molecule has 0 saturated carbocycles. The molecule has 1 heterocycles. The summed E-state index contributed by atoms with van der Waals surface area (Å²) in [7, 11) is 1.95. The molecule has 1 N–H and O–H groups in total. The molecule has 1 aromatic carbocycles. The molecule has 0 aliphatic heterocycles. The minimum atomic E-state index is -0.786. The highest BCUT2D eigenvalue weighted by molar-refractivity contribution is 5.76. The first-order valence-corrected chi connectivity index (χ1v) is 7.03. The van der Waals surface area contributed by atoms with Gasteiger partial charge < -0.3 is 10.0 Å². The highest BCUT2D eigenvalue weighted by Gasteiger charge is 2.21. The molecule has 2 aromatic rings. The number of carboxylic acid groups (broad SMARTS) is 1. The number of aromatic nitrogens is 1. The second-order valence-electron chi connectivity index (χ2n) is 5.13. The van der Waals surface area contributed by atoms with E-state index in [9.17, 15) is 9.90 Å². The lowest BCUT2D eigenvalue weighted by Gasteiger charge is -2.21. The fraction of sp³-hybridized carbons (Fsp3) is 0.294. The van der Waals surface area contributed by atoms with Gasteiger partial charge in [-0.1, -0.05) is 36.4 Å². The summed E-state index contributed by atoms with van der Waals surface area (Å²) in [6.07, 6.45) is 2.60. The zero-order valence-electron chi connectivity index (χ0n) is 12.1. The molecule has 1 aromatic heterocycles. The van der Waals surface area contributed by atoms with E-state index in [0.717, 1.165) is 24.2 Å². The smallest absolute Gasteiger partial charge is 0.312 e. The molecular formula is C17H20N2O2. The number of aliphatic carboxylic acids is 1. The van der Waals surface area contributed by atoms with Crippen molar-refractivity contribution in [2.24, 2.45) is 0 Å². The van der Waals surface area contributed by atoms with Crippen molar-refractivity contribution in [3.8, 4) is 0 Å². The van der Waals surface area contributed by atoms with Crippen LogP contribution in [0.25, 0.3) is 0 Å². The van der Waals surface area contributed by atoms with Gasteiger partial charge in [-0.2, -0.15) is 0 Å². The van der Waals surface area contributed by atoms with Crippen molar-refractivity contribution in [2.45, 2.75) is 12.3 Å². The molecule has 1 atom stereocenters. The van der Waals surface area contributed by atoms with Gasteiger partial charge in [0.15, 0.2) is 0 Å². The number of carboxylic acids is 1. The molecule has 0 amide bonds. The molecule has 0 aliphatic carbocycles. The van der Waals surface area contributed by atoms with E-state index >= 15 is 0 Å². The van der Waals surface area contributed by atoms with E-state index in [0.29, 0.717) is 6.54 Å². The highest BCUT2D eigenvalue weighted by atomic mass is 16.4. The monoisotopic (exact) mass is 284 g/mol. The van der Waals surface area contributed by atoms with Gasteiger partial charge in [-0.3, -0.25) is 9.78 Å². The molecule has 0 saturated heterocycles. The van der Waals surface area contributed by atoms with Crippen LogP contribution in [0.2, 0.25) is 0 Å². The molecule has 0 fully saturated rings. The summed E-state index contributed by atoms with van der Waals surface area (Å²) in [5.74, 6) is -1.29. The summed E-state index contributed by atoms with van der Waals surface area (Å²) >= 11 is 0. The number of rotatable bonds is 7. The second kappa shape index (κ2) is 7.55. The zero-order valence-corrected chi connectivity index (χ0v) is 12.1. The summed E-state index contributed by atoms with van der Waals surface area (Å²) in [5, 5.41) is 9.42. The predicted molar refractivity (Wildman–Crippen MR) is 82.3 cm³/mol. The summed E-state index contributed by atoms with van der Waals surface area (Å²) in [5.41, 5.74) is 1.87. The van der Waals surface area contributed by atoms with Crippen LogP contribution in [-0.4, -0.2) is 41.1 Å². The van der Waals surface area contributed by atoms with E-state index in [-0.39, 0.29) is 0 Å². The van der Waals surface area contributed by atoms with Crippen molar-refractivity contribution in [2.75, 3.05) is 20.1 Å². The van der Waals surface area contributed by atoms with Crippen LogP contribution in [0.5, 0.6) is 0 Å². The fourth-order valence-corrected chi connectivity index (χ4v) is 2.27. The van der Waals surface area contributed by atoms with Crippen LogP contribution in [0.15, 0.2) is 54.7 Å². The number of likely N-dealkylation sites (N-methyl/N-ethyl adjacent to an activating group) is 1. The van der Waals surface area contributed by atoms with Crippen LogP contribution in [0.1, 0.15) is 17.2 Å². The number of carbonyl (C=O) groups is 1. The first-order chi connectivity index (χ1) is 10.2. The third-order valence-corrected chi connectivity index (χ3v) is 3.47. The Labute approximate surface area is 125 Å². The van der Waals surface area contributed by atoms with E-state index in [1.165, 1.54) is 0 Å². The van der Waals surface area contributed by atoms with Crippen LogP contribution in [0, 0.1) is 0 Å². The maximum absolute atomic E-state index is 11.5. The lowest BCUT2D eigenvalue weighted by atomic mass is 9.99. The molecule has 2 rings (SSSR count).